The number of amides is 1. The summed E-state index contributed by atoms with van der Waals surface area (Å²) >= 11 is 1.41. The van der Waals surface area contributed by atoms with Gasteiger partial charge in [0.1, 0.15) is 5.75 Å². The lowest BCUT2D eigenvalue weighted by Gasteiger charge is -2.49. The fraction of sp³-hybridized carbons (Fsp3) is 0.474. The predicted octanol–water partition coefficient (Wildman–Crippen LogP) is 3.46. The third kappa shape index (κ3) is 3.41. The fourth-order valence-corrected chi connectivity index (χ4v) is 4.44. The first-order valence-corrected chi connectivity index (χ1v) is 9.63. The molecule has 0 radical (unpaired) electrons. The second kappa shape index (κ2) is 6.77. The minimum absolute atomic E-state index is 0.00153. The number of nitrogens with zero attached hydrogens (tertiary/aromatic N) is 2. The molecule has 3 saturated heterocycles. The van der Waals surface area contributed by atoms with Crippen LogP contribution in [0, 0.1) is 12.8 Å². The Hall–Kier alpha value is -1.92. The molecular weight excluding hydrogens is 334 g/mol. The van der Waals surface area contributed by atoms with E-state index in [1.807, 2.05) is 37.3 Å². The van der Waals surface area contributed by atoms with Gasteiger partial charge in [-0.15, -0.1) is 0 Å². The van der Waals surface area contributed by atoms with Crippen molar-refractivity contribution >= 4 is 17.4 Å². The molecule has 5 nitrogen and oxygen atoms in total. The van der Waals surface area contributed by atoms with Crippen LogP contribution >= 0.6 is 11.5 Å². The van der Waals surface area contributed by atoms with Crippen LogP contribution in [0.3, 0.4) is 0 Å². The minimum atomic E-state index is 0.00153. The summed E-state index contributed by atoms with van der Waals surface area (Å²) in [6.45, 7) is 6.55. The van der Waals surface area contributed by atoms with Crippen molar-refractivity contribution in [1.29, 1.82) is 0 Å². The molecule has 4 heterocycles. The van der Waals surface area contributed by atoms with Crippen LogP contribution < -0.4 is 10.1 Å². The first-order chi connectivity index (χ1) is 12.1. The summed E-state index contributed by atoms with van der Waals surface area (Å²) in [5, 5.41) is 3.26. The summed E-state index contributed by atoms with van der Waals surface area (Å²) in [7, 11) is 0. The van der Waals surface area contributed by atoms with Gasteiger partial charge in [-0.3, -0.25) is 9.69 Å². The molecule has 1 N–H and O–H groups in total. The molecule has 0 spiro atoms. The van der Waals surface area contributed by atoms with Crippen molar-refractivity contribution in [2.75, 3.05) is 13.1 Å². The van der Waals surface area contributed by atoms with Crippen molar-refractivity contribution in [3.05, 3.63) is 40.8 Å². The van der Waals surface area contributed by atoms with Gasteiger partial charge in [-0.1, -0.05) is 0 Å². The third-order valence-electron chi connectivity index (χ3n) is 5.42. The molecule has 3 aliphatic rings. The van der Waals surface area contributed by atoms with Gasteiger partial charge in [-0.2, -0.15) is 4.37 Å². The number of rotatable bonds is 4. The van der Waals surface area contributed by atoms with Crippen molar-refractivity contribution in [3.63, 3.8) is 0 Å². The van der Waals surface area contributed by atoms with Gasteiger partial charge in [0.15, 0.2) is 0 Å². The average Bonchev–Trinajstić information content (AvgIpc) is 3.04. The summed E-state index contributed by atoms with van der Waals surface area (Å²) in [5.74, 6) is 1.90. The largest absolute Gasteiger partial charge is 0.438 e. The Morgan fingerprint density at radius 1 is 1.28 bits per heavy atom. The summed E-state index contributed by atoms with van der Waals surface area (Å²) in [4.78, 5) is 16.2. The first-order valence-electron chi connectivity index (χ1n) is 8.86. The zero-order chi connectivity index (χ0) is 17.4. The number of nitrogens with one attached hydrogen (secondary N) is 1. The zero-order valence-corrected chi connectivity index (χ0v) is 15.4. The summed E-state index contributed by atoms with van der Waals surface area (Å²) in [5.41, 5.74) is 0.672. The van der Waals surface area contributed by atoms with Gasteiger partial charge in [0.05, 0.1) is 0 Å². The third-order valence-corrected chi connectivity index (χ3v) is 6.10. The number of hydrogen-bond acceptors (Lipinski definition) is 5. The van der Waals surface area contributed by atoms with E-state index in [0.29, 0.717) is 29.2 Å². The summed E-state index contributed by atoms with van der Waals surface area (Å²) in [6, 6.07) is 9.86. The predicted molar refractivity (Wildman–Crippen MR) is 98.4 cm³/mol. The van der Waals surface area contributed by atoms with Crippen LogP contribution in [0.2, 0.25) is 0 Å². The van der Waals surface area contributed by atoms with E-state index >= 15 is 0 Å². The van der Waals surface area contributed by atoms with Crippen molar-refractivity contribution in [3.8, 4) is 11.6 Å². The molecule has 3 fully saturated rings. The van der Waals surface area contributed by atoms with Crippen molar-refractivity contribution in [2.45, 2.75) is 38.8 Å². The fourth-order valence-electron chi connectivity index (χ4n) is 3.97. The van der Waals surface area contributed by atoms with Crippen LogP contribution in [0.1, 0.15) is 35.0 Å². The first kappa shape index (κ1) is 16.5. The van der Waals surface area contributed by atoms with E-state index in [1.54, 1.807) is 0 Å². The molecule has 0 aliphatic carbocycles. The molecule has 1 aromatic heterocycles. The van der Waals surface area contributed by atoms with Gasteiger partial charge in [0.2, 0.25) is 5.88 Å². The van der Waals surface area contributed by atoms with Crippen LogP contribution in [-0.2, 0) is 0 Å². The number of fused-ring (bicyclic) bond motifs is 3. The molecule has 2 atom stereocenters. The SMILES string of the molecule is Cc1cc(Oc2ccc(C(=O)N[C@@H]3C4CCN(CC4)[C@H]3C)cc2)ns1. The van der Waals surface area contributed by atoms with E-state index in [1.165, 1.54) is 37.5 Å². The lowest BCUT2D eigenvalue weighted by molar-refractivity contribution is 0.0217. The molecule has 1 amide bonds. The van der Waals surface area contributed by atoms with Gasteiger partial charge in [-0.25, -0.2) is 0 Å². The van der Waals surface area contributed by atoms with Crippen LogP contribution in [0.4, 0.5) is 0 Å². The molecule has 5 rings (SSSR count). The average molecular weight is 357 g/mol. The summed E-state index contributed by atoms with van der Waals surface area (Å²) < 4.78 is 9.91. The number of carbonyl (C=O) groups excluding carboxylic acids is 1. The highest BCUT2D eigenvalue weighted by molar-refractivity contribution is 7.05. The van der Waals surface area contributed by atoms with Crippen LogP contribution in [0.5, 0.6) is 11.6 Å². The Balaban J connectivity index is 1.40. The van der Waals surface area contributed by atoms with E-state index in [9.17, 15) is 4.79 Å². The molecule has 2 aromatic rings. The standard InChI is InChI=1S/C19H23N3O2S/c1-12-11-17(21-25-12)24-16-5-3-15(4-6-16)19(23)20-18-13(2)22-9-7-14(18)8-10-22/h3-6,11,13-14,18H,7-10H2,1-2H3,(H,20,23)/t13-,18-/m0/s1. The molecule has 2 bridgehead atoms. The quantitative estimate of drug-likeness (QED) is 0.910. The number of carbonyl (C=O) groups is 1. The highest BCUT2D eigenvalue weighted by Gasteiger charge is 2.40. The van der Waals surface area contributed by atoms with Crippen molar-refractivity contribution < 1.29 is 9.53 Å². The molecule has 0 saturated carbocycles. The highest BCUT2D eigenvalue weighted by Crippen LogP contribution is 2.32. The van der Waals surface area contributed by atoms with E-state index < -0.39 is 0 Å². The number of aryl methyl sites for hydroxylation is 1. The maximum Gasteiger partial charge on any atom is 0.251 e. The van der Waals surface area contributed by atoms with E-state index in [0.717, 1.165) is 4.88 Å². The van der Waals surface area contributed by atoms with Crippen molar-refractivity contribution in [2.24, 2.45) is 5.92 Å². The second-order valence-electron chi connectivity index (χ2n) is 7.02. The lowest BCUT2D eigenvalue weighted by Crippen LogP contribution is -2.62. The number of hydrogen-bond donors (Lipinski definition) is 1. The van der Waals surface area contributed by atoms with Gasteiger partial charge in [0.25, 0.3) is 5.91 Å². The van der Waals surface area contributed by atoms with Crippen molar-refractivity contribution in [1.82, 2.24) is 14.6 Å². The number of piperidine rings is 3. The Morgan fingerprint density at radius 3 is 2.60 bits per heavy atom. The summed E-state index contributed by atoms with van der Waals surface area (Å²) in [6.07, 6.45) is 2.38. The van der Waals surface area contributed by atoms with E-state index in [-0.39, 0.29) is 11.9 Å². The van der Waals surface area contributed by atoms with Crippen LogP contribution in [0.15, 0.2) is 30.3 Å². The maximum atomic E-state index is 12.6. The number of aromatic nitrogens is 1. The normalized spacial score (nSPS) is 27.9. The Bertz CT molecular complexity index is 748. The van der Waals surface area contributed by atoms with Gasteiger partial charge < -0.3 is 10.1 Å². The topological polar surface area (TPSA) is 54.5 Å². The van der Waals surface area contributed by atoms with Gasteiger partial charge in [0, 0.05) is 28.6 Å². The Morgan fingerprint density at radius 2 is 2.00 bits per heavy atom. The van der Waals surface area contributed by atoms with E-state index in [4.69, 9.17) is 4.74 Å². The maximum absolute atomic E-state index is 12.6. The van der Waals surface area contributed by atoms with Crippen LogP contribution in [0.25, 0.3) is 0 Å². The molecular formula is C19H23N3O2S. The molecule has 0 unspecified atom stereocenters. The smallest absolute Gasteiger partial charge is 0.251 e. The number of benzene rings is 1. The molecule has 132 valence electrons. The molecule has 25 heavy (non-hydrogen) atoms. The van der Waals surface area contributed by atoms with Gasteiger partial charge >= 0.3 is 0 Å². The van der Waals surface area contributed by atoms with Crippen LogP contribution in [-0.4, -0.2) is 40.4 Å². The Kier molecular flexibility index (Phi) is 4.48. The molecule has 3 aliphatic heterocycles. The van der Waals surface area contributed by atoms with E-state index in [2.05, 4.69) is 21.5 Å². The molecule has 6 heteroatoms. The zero-order valence-electron chi connectivity index (χ0n) is 14.6. The lowest BCUT2D eigenvalue weighted by atomic mass is 9.79. The Labute approximate surface area is 152 Å². The molecule has 1 aromatic carbocycles. The number of ether oxygens (including phenoxy) is 1. The second-order valence-corrected chi connectivity index (χ2v) is 8.02. The monoisotopic (exact) mass is 357 g/mol. The minimum Gasteiger partial charge on any atom is -0.438 e. The highest BCUT2D eigenvalue weighted by atomic mass is 32.1. The van der Waals surface area contributed by atoms with Gasteiger partial charge in [-0.05, 0) is 81.5 Å².